The molecule has 0 bridgehead atoms. The molecule has 2 aromatic carbocycles. The van der Waals surface area contributed by atoms with Gasteiger partial charge in [-0.3, -0.25) is 19.7 Å². The summed E-state index contributed by atoms with van der Waals surface area (Å²) >= 11 is 6.06. The van der Waals surface area contributed by atoms with Crippen molar-refractivity contribution in [2.24, 2.45) is 5.92 Å². The van der Waals surface area contributed by atoms with Crippen LogP contribution in [0.1, 0.15) is 32.0 Å². The minimum absolute atomic E-state index is 0.0119. The normalized spacial score (nSPS) is 14.4. The Morgan fingerprint density at radius 3 is 2.71 bits per heavy atom. The number of aromatic nitrogens is 2. The number of fused-ring (bicyclic) bond motifs is 1. The van der Waals surface area contributed by atoms with Gasteiger partial charge in [-0.05, 0) is 43.5 Å². The van der Waals surface area contributed by atoms with Crippen molar-refractivity contribution in [1.82, 2.24) is 14.9 Å². The van der Waals surface area contributed by atoms with Crippen LogP contribution in [0.15, 0.2) is 47.3 Å². The lowest BCUT2D eigenvalue weighted by Crippen LogP contribution is -2.43. The minimum atomic E-state index is -0.375. The zero-order valence-corrected chi connectivity index (χ0v) is 19.6. The summed E-state index contributed by atoms with van der Waals surface area (Å²) in [4.78, 5) is 47.9. The maximum Gasteiger partial charge on any atom is 0.292 e. The first kappa shape index (κ1) is 23.7. The second kappa shape index (κ2) is 10.2. The first-order valence-corrected chi connectivity index (χ1v) is 11.7. The van der Waals surface area contributed by atoms with E-state index in [1.807, 2.05) is 11.8 Å². The zero-order valence-electron chi connectivity index (χ0n) is 18.9. The minimum Gasteiger partial charge on any atom is -0.366 e. The Bertz CT molecular complexity index is 1270. The number of carbonyl (C=O) groups is 1. The van der Waals surface area contributed by atoms with Crippen molar-refractivity contribution in [2.75, 3.05) is 24.5 Å². The second-order valence-electron chi connectivity index (χ2n) is 8.44. The van der Waals surface area contributed by atoms with Gasteiger partial charge in [0.05, 0.1) is 22.4 Å². The van der Waals surface area contributed by atoms with E-state index in [0.29, 0.717) is 59.9 Å². The highest BCUT2D eigenvalue weighted by molar-refractivity contribution is 6.31. The molecule has 0 unspecified atom stereocenters. The number of anilines is 1. The van der Waals surface area contributed by atoms with Crippen LogP contribution in [-0.2, 0) is 11.3 Å². The Labute approximate surface area is 201 Å². The molecule has 4 rings (SSSR count). The number of para-hydroxylation sites is 2. The predicted molar refractivity (Wildman–Crippen MR) is 131 cm³/mol. The van der Waals surface area contributed by atoms with Crippen LogP contribution in [-0.4, -0.2) is 45.3 Å². The van der Waals surface area contributed by atoms with E-state index in [9.17, 15) is 19.7 Å². The highest BCUT2D eigenvalue weighted by Gasteiger charge is 2.30. The van der Waals surface area contributed by atoms with E-state index in [-0.39, 0.29) is 34.5 Å². The van der Waals surface area contributed by atoms with Crippen LogP contribution in [0.3, 0.4) is 0 Å². The number of H-pyrrole nitrogens is 1. The number of nitro benzene ring substituents is 1. The number of nitrogens with zero attached hydrogens (tertiary/aromatic N) is 4. The molecule has 1 N–H and O–H groups in total. The van der Waals surface area contributed by atoms with E-state index in [1.165, 1.54) is 6.07 Å². The Kier molecular flexibility index (Phi) is 7.12. The van der Waals surface area contributed by atoms with Gasteiger partial charge in [0, 0.05) is 36.6 Å². The van der Waals surface area contributed by atoms with Gasteiger partial charge in [-0.2, -0.15) is 0 Å². The number of aromatic amines is 1. The molecule has 3 aromatic rings. The first-order chi connectivity index (χ1) is 16.4. The van der Waals surface area contributed by atoms with Crippen molar-refractivity contribution < 1.29 is 9.72 Å². The quantitative estimate of drug-likeness (QED) is 0.399. The molecule has 1 saturated heterocycles. The number of hydrogen-bond donors (Lipinski definition) is 1. The molecule has 0 aliphatic carbocycles. The van der Waals surface area contributed by atoms with Gasteiger partial charge < -0.3 is 14.8 Å². The van der Waals surface area contributed by atoms with Crippen LogP contribution in [0.2, 0.25) is 5.02 Å². The molecule has 9 nitrogen and oxygen atoms in total. The molecule has 1 amide bonds. The van der Waals surface area contributed by atoms with Crippen LogP contribution in [0.4, 0.5) is 11.4 Å². The third-order valence-corrected chi connectivity index (χ3v) is 6.36. The van der Waals surface area contributed by atoms with Gasteiger partial charge in [0.25, 0.3) is 11.2 Å². The molecule has 1 aromatic heterocycles. The van der Waals surface area contributed by atoms with Crippen molar-refractivity contribution in [2.45, 2.75) is 32.7 Å². The summed E-state index contributed by atoms with van der Waals surface area (Å²) in [5.41, 5.74) is 0.887. The highest BCUT2D eigenvalue weighted by Crippen LogP contribution is 2.31. The zero-order chi connectivity index (χ0) is 24.2. The Morgan fingerprint density at radius 1 is 1.26 bits per heavy atom. The number of amides is 1. The van der Waals surface area contributed by atoms with Gasteiger partial charge in [0.15, 0.2) is 0 Å². The molecular formula is C24H26ClN5O4. The van der Waals surface area contributed by atoms with Gasteiger partial charge in [0.2, 0.25) is 5.91 Å². The number of rotatable bonds is 7. The number of hydrogen-bond acceptors (Lipinski definition) is 6. The van der Waals surface area contributed by atoms with Gasteiger partial charge in [-0.15, -0.1) is 0 Å². The van der Waals surface area contributed by atoms with E-state index in [1.54, 1.807) is 41.3 Å². The Hall–Kier alpha value is -3.46. The van der Waals surface area contributed by atoms with Gasteiger partial charge in [-0.1, -0.05) is 30.7 Å². The molecule has 0 saturated carbocycles. The highest BCUT2D eigenvalue weighted by atomic mass is 35.5. The summed E-state index contributed by atoms with van der Waals surface area (Å²) in [5.74, 6) is 0.240. The van der Waals surface area contributed by atoms with Gasteiger partial charge >= 0.3 is 0 Å². The average molecular weight is 484 g/mol. The van der Waals surface area contributed by atoms with Crippen LogP contribution in [0.5, 0.6) is 0 Å². The van der Waals surface area contributed by atoms with Crippen LogP contribution in [0, 0.1) is 16.0 Å². The number of benzene rings is 2. The third kappa shape index (κ3) is 5.04. The predicted octanol–water partition coefficient (Wildman–Crippen LogP) is 4.14. The molecular weight excluding hydrogens is 458 g/mol. The lowest BCUT2D eigenvalue weighted by Gasteiger charge is -2.35. The van der Waals surface area contributed by atoms with E-state index in [2.05, 4.69) is 9.97 Å². The number of piperidine rings is 1. The van der Waals surface area contributed by atoms with E-state index in [4.69, 9.17) is 11.6 Å². The van der Waals surface area contributed by atoms with Crippen molar-refractivity contribution in [3.63, 3.8) is 0 Å². The van der Waals surface area contributed by atoms with Gasteiger partial charge in [-0.25, -0.2) is 4.98 Å². The molecule has 10 heteroatoms. The first-order valence-electron chi connectivity index (χ1n) is 11.3. The molecule has 0 spiro atoms. The Balaban J connectivity index is 1.48. The number of nitrogens with one attached hydrogen (secondary N) is 1. The van der Waals surface area contributed by atoms with Gasteiger partial charge in [0.1, 0.15) is 11.5 Å². The van der Waals surface area contributed by atoms with Crippen molar-refractivity contribution >= 4 is 39.8 Å². The summed E-state index contributed by atoms with van der Waals surface area (Å²) in [6, 6.07) is 11.6. The lowest BCUT2D eigenvalue weighted by atomic mass is 9.94. The van der Waals surface area contributed by atoms with E-state index >= 15 is 0 Å². The fourth-order valence-corrected chi connectivity index (χ4v) is 4.63. The van der Waals surface area contributed by atoms with Crippen molar-refractivity contribution in [1.29, 1.82) is 0 Å². The van der Waals surface area contributed by atoms with E-state index < -0.39 is 0 Å². The average Bonchev–Trinajstić information content (AvgIpc) is 2.83. The summed E-state index contributed by atoms with van der Waals surface area (Å²) in [5, 5.41) is 12.3. The third-order valence-electron chi connectivity index (χ3n) is 6.13. The summed E-state index contributed by atoms with van der Waals surface area (Å²) < 4.78 is 0. The van der Waals surface area contributed by atoms with Crippen molar-refractivity contribution in [3.05, 3.63) is 73.8 Å². The smallest absolute Gasteiger partial charge is 0.292 e. The molecule has 2 heterocycles. The van der Waals surface area contributed by atoms with E-state index in [0.717, 1.165) is 6.42 Å². The van der Waals surface area contributed by atoms with Crippen LogP contribution < -0.4 is 10.5 Å². The maximum atomic E-state index is 13.4. The van der Waals surface area contributed by atoms with Crippen molar-refractivity contribution in [3.8, 4) is 0 Å². The fraction of sp³-hybridized carbons (Fsp3) is 0.375. The SMILES string of the molecule is CCCN(Cc1nc2cc(Cl)ccc2c(=O)[nH]1)C(=O)C1CCN(c2ccccc2[N+](=O)[O-])CC1. The summed E-state index contributed by atoms with van der Waals surface area (Å²) in [6.07, 6.45) is 1.97. The molecule has 178 valence electrons. The molecule has 1 aliphatic rings. The lowest BCUT2D eigenvalue weighted by molar-refractivity contribution is -0.384. The molecule has 1 aliphatic heterocycles. The molecule has 0 radical (unpaired) electrons. The Morgan fingerprint density at radius 2 is 2.00 bits per heavy atom. The topological polar surface area (TPSA) is 112 Å². The second-order valence-corrected chi connectivity index (χ2v) is 8.88. The monoisotopic (exact) mass is 483 g/mol. The number of carbonyl (C=O) groups excluding carboxylic acids is 1. The molecule has 1 fully saturated rings. The largest absolute Gasteiger partial charge is 0.366 e. The maximum absolute atomic E-state index is 13.4. The summed E-state index contributed by atoms with van der Waals surface area (Å²) in [6.45, 7) is 3.86. The van der Waals surface area contributed by atoms with Crippen LogP contribution in [0.25, 0.3) is 10.9 Å². The molecule has 0 atom stereocenters. The number of nitro groups is 1. The van der Waals surface area contributed by atoms with Crippen LogP contribution >= 0.6 is 11.6 Å². The molecule has 34 heavy (non-hydrogen) atoms. The standard InChI is InChI=1S/C24H26ClN5O4/c1-2-11-29(15-22-26-19-14-17(25)7-8-18(19)23(31)27-22)24(32)16-9-12-28(13-10-16)20-5-3-4-6-21(20)30(33)34/h3-8,14,16H,2,9-13,15H2,1H3,(H,26,27,31). The number of halogens is 1. The summed E-state index contributed by atoms with van der Waals surface area (Å²) in [7, 11) is 0. The fourth-order valence-electron chi connectivity index (χ4n) is 4.47.